The highest BCUT2D eigenvalue weighted by Crippen LogP contribution is 2.48. The minimum Gasteiger partial charge on any atom is -0.496 e. The monoisotopic (exact) mass is 493 g/mol. The van der Waals surface area contributed by atoms with Crippen molar-refractivity contribution in [2.24, 2.45) is 0 Å². The Morgan fingerprint density at radius 3 is 2.53 bits per heavy atom. The van der Waals surface area contributed by atoms with Crippen molar-refractivity contribution in [2.75, 3.05) is 31.6 Å². The largest absolute Gasteiger partial charge is 0.496 e. The zero-order chi connectivity index (χ0) is 25.4. The molecule has 0 aliphatic carbocycles. The van der Waals surface area contributed by atoms with Crippen LogP contribution < -0.4 is 9.64 Å². The molecule has 2 aliphatic heterocycles. The van der Waals surface area contributed by atoms with Gasteiger partial charge >= 0.3 is 0 Å². The van der Waals surface area contributed by atoms with Crippen LogP contribution in [0.2, 0.25) is 0 Å². The summed E-state index contributed by atoms with van der Waals surface area (Å²) in [7, 11) is 1.53. The number of non-ortho nitro benzene ring substituents is 1. The molecule has 2 aliphatic rings. The van der Waals surface area contributed by atoms with Crippen LogP contribution in [0.1, 0.15) is 34.3 Å². The zero-order valence-corrected chi connectivity index (χ0v) is 19.7. The maximum atomic E-state index is 14.4. The number of methoxy groups -OCH3 is 1. The van der Waals surface area contributed by atoms with E-state index in [-0.39, 0.29) is 17.1 Å². The molecule has 1 saturated heterocycles. The average molecular weight is 494 g/mol. The number of fused-ring (bicyclic) bond motifs is 2. The first kappa shape index (κ1) is 23.9. The van der Waals surface area contributed by atoms with Crippen LogP contribution in [0, 0.1) is 21.7 Å². The van der Waals surface area contributed by atoms with E-state index < -0.39 is 22.1 Å². The Kier molecular flexibility index (Phi) is 6.17. The molecule has 0 radical (unpaired) electrons. The van der Waals surface area contributed by atoms with Gasteiger partial charge in [-0.2, -0.15) is 0 Å². The van der Waals surface area contributed by atoms with Crippen LogP contribution in [-0.2, 0) is 12.0 Å². The quantitative estimate of drug-likeness (QED) is 0.366. The van der Waals surface area contributed by atoms with Gasteiger partial charge in [-0.05, 0) is 67.9 Å². The van der Waals surface area contributed by atoms with Crippen molar-refractivity contribution >= 4 is 17.3 Å². The van der Waals surface area contributed by atoms with Crippen LogP contribution in [-0.4, -0.2) is 42.5 Å². The fraction of sp³-hybridized carbons (Fsp3) is 0.296. The molecule has 0 saturated carbocycles. The van der Waals surface area contributed by atoms with Gasteiger partial charge in [0, 0.05) is 41.9 Å². The maximum Gasteiger partial charge on any atom is 0.270 e. The third kappa shape index (κ3) is 4.19. The van der Waals surface area contributed by atoms with Gasteiger partial charge in [0.1, 0.15) is 17.4 Å². The molecule has 0 N–H and O–H groups in total. The molecule has 36 heavy (non-hydrogen) atoms. The van der Waals surface area contributed by atoms with Crippen molar-refractivity contribution < 1.29 is 23.2 Å². The predicted molar refractivity (Wildman–Crippen MR) is 130 cm³/mol. The lowest BCUT2D eigenvalue weighted by molar-refractivity contribution is -0.385. The van der Waals surface area contributed by atoms with Crippen LogP contribution in [0.3, 0.4) is 0 Å². The topological polar surface area (TPSA) is 75.9 Å². The molecule has 3 aromatic rings. The summed E-state index contributed by atoms with van der Waals surface area (Å²) < 4.78 is 34.1. The van der Waals surface area contributed by atoms with Gasteiger partial charge in [-0.3, -0.25) is 19.8 Å². The van der Waals surface area contributed by atoms with Crippen LogP contribution in [0.25, 0.3) is 0 Å². The molecule has 0 atom stereocenters. The summed E-state index contributed by atoms with van der Waals surface area (Å²) in [6.45, 7) is 2.09. The van der Waals surface area contributed by atoms with Gasteiger partial charge in [0.2, 0.25) is 0 Å². The van der Waals surface area contributed by atoms with Gasteiger partial charge < -0.3 is 9.64 Å². The Morgan fingerprint density at radius 1 is 1.08 bits per heavy atom. The number of likely N-dealkylation sites (tertiary alicyclic amines) is 1. The normalized spacial score (nSPS) is 16.7. The number of carbonyl (C=O) groups excluding carboxylic acids is 1. The number of hydrogen-bond acceptors (Lipinski definition) is 5. The van der Waals surface area contributed by atoms with Crippen molar-refractivity contribution in [2.45, 2.75) is 24.8 Å². The lowest BCUT2D eigenvalue weighted by atomic mass is 9.74. The summed E-state index contributed by atoms with van der Waals surface area (Å²) in [4.78, 5) is 27.9. The number of amides is 1. The molecule has 1 fully saturated rings. The van der Waals surface area contributed by atoms with E-state index in [4.69, 9.17) is 4.74 Å². The van der Waals surface area contributed by atoms with Crippen molar-refractivity contribution in [1.29, 1.82) is 0 Å². The number of ether oxygens (including phenoxy) is 1. The number of nitrogens with zero attached hydrogens (tertiary/aromatic N) is 3. The lowest BCUT2D eigenvalue weighted by Crippen LogP contribution is -2.46. The summed E-state index contributed by atoms with van der Waals surface area (Å²) in [5, 5.41) is 11.2. The molecular formula is C27H25F2N3O4. The first-order valence-corrected chi connectivity index (χ1v) is 11.7. The van der Waals surface area contributed by atoms with Crippen LogP contribution in [0.15, 0.2) is 60.7 Å². The summed E-state index contributed by atoms with van der Waals surface area (Å²) in [5.74, 6) is -0.831. The molecule has 0 bridgehead atoms. The van der Waals surface area contributed by atoms with Crippen molar-refractivity contribution in [1.82, 2.24) is 4.90 Å². The van der Waals surface area contributed by atoms with E-state index in [0.29, 0.717) is 50.5 Å². The smallest absolute Gasteiger partial charge is 0.270 e. The first-order valence-electron chi connectivity index (χ1n) is 11.7. The number of nitro benzene ring substituents is 1. The summed E-state index contributed by atoms with van der Waals surface area (Å²) in [6.07, 6.45) is 1.31. The Balaban J connectivity index is 1.39. The third-order valence-electron chi connectivity index (χ3n) is 7.31. The molecule has 7 nitrogen and oxygen atoms in total. The molecule has 9 heteroatoms. The van der Waals surface area contributed by atoms with E-state index in [1.807, 2.05) is 0 Å². The fourth-order valence-electron chi connectivity index (χ4n) is 5.41. The van der Waals surface area contributed by atoms with Gasteiger partial charge in [-0.15, -0.1) is 0 Å². The van der Waals surface area contributed by atoms with E-state index in [9.17, 15) is 23.7 Å². The second-order valence-electron chi connectivity index (χ2n) is 9.34. The lowest BCUT2D eigenvalue weighted by Gasteiger charge is -2.40. The Morgan fingerprint density at radius 2 is 1.83 bits per heavy atom. The third-order valence-corrected chi connectivity index (χ3v) is 7.31. The Labute approximate surface area is 207 Å². The van der Waals surface area contributed by atoms with E-state index in [1.165, 1.54) is 49.6 Å². The number of halogens is 2. The number of carbonyl (C=O) groups is 1. The molecule has 5 rings (SSSR count). The summed E-state index contributed by atoms with van der Waals surface area (Å²) in [6, 6.07) is 14.8. The number of benzene rings is 3. The highest BCUT2D eigenvalue weighted by Gasteiger charge is 2.47. The van der Waals surface area contributed by atoms with Gasteiger partial charge in [-0.25, -0.2) is 8.78 Å². The van der Waals surface area contributed by atoms with E-state index >= 15 is 0 Å². The predicted octanol–water partition coefficient (Wildman–Crippen LogP) is 5.08. The molecular weight excluding hydrogens is 468 g/mol. The second kappa shape index (κ2) is 9.31. The van der Waals surface area contributed by atoms with Crippen molar-refractivity contribution in [3.8, 4) is 5.75 Å². The standard InChI is InChI=1S/C27H25F2N3O4/c1-36-25-9-7-20(32(34)35)14-18(25)16-30-12-10-27(11-13-30)17-31(24-8-6-19(28)15-22(24)27)26(33)21-4-2-3-5-23(21)29/h2-9,14-15H,10-13,16-17H2,1H3. The highest BCUT2D eigenvalue weighted by atomic mass is 19.1. The molecule has 3 aromatic carbocycles. The molecule has 0 aromatic heterocycles. The molecule has 2 heterocycles. The SMILES string of the molecule is COc1ccc([N+](=O)[O-])cc1CN1CCC2(CC1)CN(C(=O)c1ccccc1F)c1ccc(F)cc12. The summed E-state index contributed by atoms with van der Waals surface area (Å²) >= 11 is 0. The van der Waals surface area contributed by atoms with E-state index in [0.717, 1.165) is 11.1 Å². The first-order chi connectivity index (χ1) is 17.3. The highest BCUT2D eigenvalue weighted by molar-refractivity contribution is 6.08. The number of piperidine rings is 1. The van der Waals surface area contributed by atoms with Crippen LogP contribution >= 0.6 is 0 Å². The molecule has 1 amide bonds. The van der Waals surface area contributed by atoms with Gasteiger partial charge in [0.15, 0.2) is 0 Å². The minimum absolute atomic E-state index is 0.00164. The van der Waals surface area contributed by atoms with Gasteiger partial charge in [-0.1, -0.05) is 12.1 Å². The molecule has 1 spiro atoms. The maximum absolute atomic E-state index is 14.4. The minimum atomic E-state index is -0.590. The second-order valence-corrected chi connectivity index (χ2v) is 9.34. The fourth-order valence-corrected chi connectivity index (χ4v) is 5.41. The van der Waals surface area contributed by atoms with E-state index in [2.05, 4.69) is 4.90 Å². The van der Waals surface area contributed by atoms with Gasteiger partial charge in [0.05, 0.1) is 17.6 Å². The average Bonchev–Trinajstić information content (AvgIpc) is 3.18. The summed E-state index contributed by atoms with van der Waals surface area (Å²) in [5.41, 5.74) is 1.62. The van der Waals surface area contributed by atoms with Crippen molar-refractivity contribution in [3.05, 3.63) is 99.1 Å². The number of rotatable bonds is 5. The number of nitro groups is 1. The van der Waals surface area contributed by atoms with E-state index in [1.54, 1.807) is 23.1 Å². The van der Waals surface area contributed by atoms with Crippen LogP contribution in [0.4, 0.5) is 20.2 Å². The van der Waals surface area contributed by atoms with Crippen molar-refractivity contribution in [3.63, 3.8) is 0 Å². The number of anilines is 1. The Hall–Kier alpha value is -3.85. The Bertz CT molecular complexity index is 1340. The number of hydrogen-bond donors (Lipinski definition) is 0. The van der Waals surface area contributed by atoms with Gasteiger partial charge in [0.25, 0.3) is 11.6 Å². The zero-order valence-electron chi connectivity index (χ0n) is 19.7. The molecule has 186 valence electrons. The molecule has 0 unspecified atom stereocenters. The van der Waals surface area contributed by atoms with Crippen LogP contribution in [0.5, 0.6) is 5.75 Å².